The van der Waals surface area contributed by atoms with Crippen LogP contribution in [0.3, 0.4) is 0 Å². The SMILES string of the molecule is CC(C)N=C(COCC(F)(F)F)NN. The molecule has 4 nitrogen and oxygen atoms in total. The van der Waals surface area contributed by atoms with E-state index in [1.54, 1.807) is 13.8 Å². The normalized spacial score (nSPS) is 13.5. The molecule has 0 aliphatic carbocycles. The van der Waals surface area contributed by atoms with E-state index < -0.39 is 12.8 Å². The van der Waals surface area contributed by atoms with Crippen LogP contribution in [-0.4, -0.2) is 31.3 Å². The fraction of sp³-hybridized carbons (Fsp3) is 0.857. The predicted octanol–water partition coefficient (Wildman–Crippen LogP) is 0.836. The molecule has 0 saturated heterocycles. The number of nitrogens with two attached hydrogens (primary N) is 1. The van der Waals surface area contributed by atoms with Crippen LogP contribution in [0.5, 0.6) is 0 Å². The summed E-state index contributed by atoms with van der Waals surface area (Å²) in [5.41, 5.74) is 2.18. The zero-order valence-electron chi connectivity index (χ0n) is 8.06. The Morgan fingerprint density at radius 3 is 2.43 bits per heavy atom. The Hall–Kier alpha value is -0.820. The van der Waals surface area contributed by atoms with E-state index in [2.05, 4.69) is 15.2 Å². The Morgan fingerprint density at radius 1 is 1.50 bits per heavy atom. The highest BCUT2D eigenvalue weighted by Gasteiger charge is 2.27. The van der Waals surface area contributed by atoms with Crippen LogP contribution in [-0.2, 0) is 4.74 Å². The lowest BCUT2D eigenvalue weighted by Gasteiger charge is -2.10. The molecule has 0 spiro atoms. The van der Waals surface area contributed by atoms with Crippen LogP contribution in [0.1, 0.15) is 13.8 Å². The molecule has 0 rings (SSSR count). The minimum absolute atomic E-state index is 0.0458. The van der Waals surface area contributed by atoms with E-state index in [-0.39, 0.29) is 18.5 Å². The van der Waals surface area contributed by atoms with Crippen molar-refractivity contribution in [3.8, 4) is 0 Å². The molecule has 0 bridgehead atoms. The van der Waals surface area contributed by atoms with Crippen molar-refractivity contribution in [3.63, 3.8) is 0 Å². The second-order valence-corrected chi connectivity index (χ2v) is 2.92. The molecule has 7 heteroatoms. The summed E-state index contributed by atoms with van der Waals surface area (Å²) >= 11 is 0. The number of aliphatic imine (C=N–C) groups is 1. The van der Waals surface area contributed by atoms with Crippen LogP contribution in [0.25, 0.3) is 0 Å². The number of ether oxygens (including phenoxy) is 1. The molecule has 84 valence electrons. The standard InChI is InChI=1S/C7H14F3N3O/c1-5(2)12-6(13-11)3-14-4-7(8,9)10/h5H,3-4,11H2,1-2H3,(H,12,13). The summed E-state index contributed by atoms with van der Waals surface area (Å²) in [6.45, 7) is 1.99. The van der Waals surface area contributed by atoms with Crippen LogP contribution in [0, 0.1) is 0 Å². The van der Waals surface area contributed by atoms with Crippen LogP contribution in [0.4, 0.5) is 13.2 Å². The fourth-order valence-corrected chi connectivity index (χ4v) is 0.691. The van der Waals surface area contributed by atoms with Gasteiger partial charge in [0, 0.05) is 6.04 Å². The molecule has 0 radical (unpaired) electrons. The Balaban J connectivity index is 3.86. The topological polar surface area (TPSA) is 59.6 Å². The lowest BCUT2D eigenvalue weighted by Crippen LogP contribution is -2.35. The monoisotopic (exact) mass is 213 g/mol. The summed E-state index contributed by atoms with van der Waals surface area (Å²) in [6.07, 6.45) is -4.32. The molecule has 0 atom stereocenters. The first-order valence-electron chi connectivity index (χ1n) is 4.03. The fourth-order valence-electron chi connectivity index (χ4n) is 0.691. The van der Waals surface area contributed by atoms with E-state index in [0.29, 0.717) is 0 Å². The van der Waals surface area contributed by atoms with Crippen molar-refractivity contribution in [2.45, 2.75) is 26.1 Å². The molecule has 0 saturated carbocycles. The van der Waals surface area contributed by atoms with Gasteiger partial charge in [-0.3, -0.25) is 4.99 Å². The van der Waals surface area contributed by atoms with Gasteiger partial charge in [-0.25, -0.2) is 5.84 Å². The van der Waals surface area contributed by atoms with Crippen molar-refractivity contribution < 1.29 is 17.9 Å². The maximum Gasteiger partial charge on any atom is 0.411 e. The van der Waals surface area contributed by atoms with Gasteiger partial charge in [0.1, 0.15) is 19.0 Å². The van der Waals surface area contributed by atoms with E-state index in [9.17, 15) is 13.2 Å². The van der Waals surface area contributed by atoms with Gasteiger partial charge in [-0.1, -0.05) is 0 Å². The molecule has 3 N–H and O–H groups in total. The highest BCUT2D eigenvalue weighted by molar-refractivity contribution is 5.82. The van der Waals surface area contributed by atoms with Gasteiger partial charge in [0.25, 0.3) is 0 Å². The first-order chi connectivity index (χ1) is 6.35. The maximum atomic E-state index is 11.7. The summed E-state index contributed by atoms with van der Waals surface area (Å²) in [5.74, 6) is 5.23. The minimum Gasteiger partial charge on any atom is -0.364 e. The van der Waals surface area contributed by atoms with Crippen LogP contribution in [0.2, 0.25) is 0 Å². The highest BCUT2D eigenvalue weighted by Crippen LogP contribution is 2.14. The van der Waals surface area contributed by atoms with Crippen LogP contribution >= 0.6 is 0 Å². The van der Waals surface area contributed by atoms with Crippen molar-refractivity contribution in [1.29, 1.82) is 0 Å². The maximum absolute atomic E-state index is 11.7. The molecular weight excluding hydrogens is 199 g/mol. The number of alkyl halides is 3. The zero-order chi connectivity index (χ0) is 11.2. The third-order valence-electron chi connectivity index (χ3n) is 1.09. The minimum atomic E-state index is -4.32. The van der Waals surface area contributed by atoms with Gasteiger partial charge < -0.3 is 10.2 Å². The number of rotatable bonds is 4. The second kappa shape index (κ2) is 5.82. The summed E-state index contributed by atoms with van der Waals surface area (Å²) in [6, 6.07) is -0.0458. The van der Waals surface area contributed by atoms with Crippen LogP contribution < -0.4 is 11.3 Å². The predicted molar refractivity (Wildman–Crippen MR) is 46.8 cm³/mol. The number of hydrazine groups is 1. The number of amidine groups is 1. The molecule has 0 aromatic heterocycles. The highest BCUT2D eigenvalue weighted by atomic mass is 19.4. The lowest BCUT2D eigenvalue weighted by molar-refractivity contribution is -0.170. The molecule has 0 aromatic carbocycles. The molecule has 14 heavy (non-hydrogen) atoms. The molecule has 0 aliphatic heterocycles. The van der Waals surface area contributed by atoms with Gasteiger partial charge in [0.2, 0.25) is 0 Å². The zero-order valence-corrected chi connectivity index (χ0v) is 8.06. The molecule has 0 aliphatic rings. The molecule has 0 amide bonds. The number of hydrogen-bond acceptors (Lipinski definition) is 3. The van der Waals surface area contributed by atoms with E-state index in [1.165, 1.54) is 0 Å². The molecule has 0 fully saturated rings. The Labute approximate surface area is 80.3 Å². The molecule has 0 unspecified atom stereocenters. The number of hydrogen-bond donors (Lipinski definition) is 2. The second-order valence-electron chi connectivity index (χ2n) is 2.92. The van der Waals surface area contributed by atoms with Gasteiger partial charge in [0.05, 0.1) is 0 Å². The van der Waals surface area contributed by atoms with Gasteiger partial charge in [-0.05, 0) is 13.8 Å². The van der Waals surface area contributed by atoms with Crippen LogP contribution in [0.15, 0.2) is 4.99 Å². The van der Waals surface area contributed by atoms with Gasteiger partial charge >= 0.3 is 6.18 Å². The summed E-state index contributed by atoms with van der Waals surface area (Å²) in [7, 11) is 0. The average Bonchev–Trinajstić information content (AvgIpc) is 1.99. The third kappa shape index (κ3) is 7.81. The summed E-state index contributed by atoms with van der Waals surface area (Å²) in [5, 5.41) is 0. The Morgan fingerprint density at radius 2 is 2.07 bits per heavy atom. The van der Waals surface area contributed by atoms with Gasteiger partial charge in [-0.15, -0.1) is 0 Å². The molecule has 0 aromatic rings. The average molecular weight is 213 g/mol. The number of halogens is 3. The van der Waals surface area contributed by atoms with Crippen molar-refractivity contribution in [1.82, 2.24) is 5.43 Å². The van der Waals surface area contributed by atoms with E-state index in [4.69, 9.17) is 5.84 Å². The summed E-state index contributed by atoms with van der Waals surface area (Å²) in [4.78, 5) is 3.90. The Kier molecular flexibility index (Phi) is 5.47. The molecular formula is C7H14F3N3O. The first kappa shape index (κ1) is 13.2. The smallest absolute Gasteiger partial charge is 0.364 e. The van der Waals surface area contributed by atoms with E-state index in [0.717, 1.165) is 0 Å². The van der Waals surface area contributed by atoms with Crippen molar-refractivity contribution in [3.05, 3.63) is 0 Å². The van der Waals surface area contributed by atoms with Crippen molar-refractivity contribution >= 4 is 5.84 Å². The first-order valence-corrected chi connectivity index (χ1v) is 4.03. The summed E-state index contributed by atoms with van der Waals surface area (Å²) < 4.78 is 39.3. The Bertz CT molecular complexity index is 191. The third-order valence-corrected chi connectivity index (χ3v) is 1.09. The van der Waals surface area contributed by atoms with Crippen molar-refractivity contribution in [2.75, 3.05) is 13.2 Å². The number of nitrogens with zero attached hydrogens (tertiary/aromatic N) is 1. The van der Waals surface area contributed by atoms with E-state index >= 15 is 0 Å². The largest absolute Gasteiger partial charge is 0.411 e. The lowest BCUT2D eigenvalue weighted by atomic mass is 10.4. The number of nitrogens with one attached hydrogen (secondary N) is 1. The molecule has 0 heterocycles. The van der Waals surface area contributed by atoms with Crippen molar-refractivity contribution in [2.24, 2.45) is 10.8 Å². The van der Waals surface area contributed by atoms with Gasteiger partial charge in [0.15, 0.2) is 0 Å². The van der Waals surface area contributed by atoms with E-state index in [1.807, 2.05) is 0 Å². The quantitative estimate of drug-likeness (QED) is 0.315. The van der Waals surface area contributed by atoms with Gasteiger partial charge in [-0.2, -0.15) is 13.2 Å².